The second-order valence-electron chi connectivity index (χ2n) is 4.57. The molecule has 88 valence electrons. The summed E-state index contributed by atoms with van der Waals surface area (Å²) >= 11 is 0. The molecular formula is C10H15N3O3. The molecule has 16 heavy (non-hydrogen) atoms. The van der Waals surface area contributed by atoms with Crippen LogP contribution < -0.4 is 5.73 Å². The molecule has 2 rings (SSSR count). The molecule has 0 bridgehead atoms. The molecule has 0 atom stereocenters. The van der Waals surface area contributed by atoms with E-state index in [1.807, 2.05) is 0 Å². The SMILES string of the molecule is CC1CCC(N)(c2nc(C(=O)O)no2)CC1. The topological polar surface area (TPSA) is 102 Å². The van der Waals surface area contributed by atoms with Crippen molar-refractivity contribution in [3.8, 4) is 0 Å². The summed E-state index contributed by atoms with van der Waals surface area (Å²) in [5.41, 5.74) is 5.52. The number of aromatic carboxylic acids is 1. The van der Waals surface area contributed by atoms with Crippen molar-refractivity contribution < 1.29 is 14.4 Å². The fourth-order valence-electron chi connectivity index (χ4n) is 2.00. The van der Waals surface area contributed by atoms with E-state index in [-0.39, 0.29) is 11.7 Å². The highest BCUT2D eigenvalue weighted by Gasteiger charge is 2.37. The number of aromatic nitrogens is 2. The van der Waals surface area contributed by atoms with Gasteiger partial charge in [-0.3, -0.25) is 0 Å². The van der Waals surface area contributed by atoms with Crippen molar-refractivity contribution in [1.29, 1.82) is 0 Å². The first kappa shape index (κ1) is 11.1. The number of rotatable bonds is 2. The second-order valence-corrected chi connectivity index (χ2v) is 4.57. The van der Waals surface area contributed by atoms with Crippen LogP contribution in [0.25, 0.3) is 0 Å². The average Bonchev–Trinajstić information content (AvgIpc) is 2.72. The molecule has 1 fully saturated rings. The zero-order valence-electron chi connectivity index (χ0n) is 9.14. The molecule has 0 aromatic carbocycles. The van der Waals surface area contributed by atoms with E-state index in [0.717, 1.165) is 25.7 Å². The molecule has 3 N–H and O–H groups in total. The van der Waals surface area contributed by atoms with Crippen molar-refractivity contribution in [2.24, 2.45) is 11.7 Å². The predicted octanol–water partition coefficient (Wildman–Crippen LogP) is 1.13. The van der Waals surface area contributed by atoms with Gasteiger partial charge in [0.25, 0.3) is 5.82 Å². The lowest BCUT2D eigenvalue weighted by molar-refractivity contribution is 0.0680. The molecule has 0 aliphatic heterocycles. The van der Waals surface area contributed by atoms with Crippen LogP contribution in [0.1, 0.15) is 49.1 Å². The fraction of sp³-hybridized carbons (Fsp3) is 0.700. The van der Waals surface area contributed by atoms with E-state index in [9.17, 15) is 4.79 Å². The van der Waals surface area contributed by atoms with Crippen molar-refractivity contribution in [2.75, 3.05) is 0 Å². The van der Waals surface area contributed by atoms with Crippen molar-refractivity contribution in [1.82, 2.24) is 10.1 Å². The van der Waals surface area contributed by atoms with Crippen molar-refractivity contribution >= 4 is 5.97 Å². The van der Waals surface area contributed by atoms with E-state index in [4.69, 9.17) is 15.4 Å². The van der Waals surface area contributed by atoms with Crippen LogP contribution in [0.15, 0.2) is 4.52 Å². The van der Waals surface area contributed by atoms with Gasteiger partial charge in [-0.25, -0.2) is 4.79 Å². The third kappa shape index (κ3) is 1.92. The average molecular weight is 225 g/mol. The van der Waals surface area contributed by atoms with Crippen LogP contribution in [-0.4, -0.2) is 21.2 Å². The van der Waals surface area contributed by atoms with Gasteiger partial charge in [0.15, 0.2) is 0 Å². The van der Waals surface area contributed by atoms with Crippen LogP contribution in [0, 0.1) is 5.92 Å². The van der Waals surface area contributed by atoms with Gasteiger partial charge in [-0.1, -0.05) is 6.92 Å². The Morgan fingerprint density at radius 1 is 1.56 bits per heavy atom. The zero-order valence-corrected chi connectivity index (χ0v) is 9.14. The van der Waals surface area contributed by atoms with Crippen LogP contribution >= 0.6 is 0 Å². The minimum atomic E-state index is -1.19. The first-order chi connectivity index (χ1) is 7.51. The van der Waals surface area contributed by atoms with Crippen LogP contribution in [-0.2, 0) is 5.54 Å². The standard InChI is InChI=1S/C10H15N3O3/c1-6-2-4-10(11,5-3-6)9-12-7(8(14)15)13-16-9/h6H,2-5,11H2,1H3,(H,14,15). The van der Waals surface area contributed by atoms with E-state index < -0.39 is 11.5 Å². The third-order valence-electron chi connectivity index (χ3n) is 3.21. The highest BCUT2D eigenvalue weighted by molar-refractivity contribution is 5.82. The summed E-state index contributed by atoms with van der Waals surface area (Å²) in [5, 5.41) is 12.1. The normalized spacial score (nSPS) is 30.2. The van der Waals surface area contributed by atoms with Crippen LogP contribution in [0.5, 0.6) is 0 Å². The Hall–Kier alpha value is -1.43. The summed E-state index contributed by atoms with van der Waals surface area (Å²) in [6, 6.07) is 0. The van der Waals surface area contributed by atoms with Gasteiger partial charge in [0.1, 0.15) is 0 Å². The van der Waals surface area contributed by atoms with Gasteiger partial charge < -0.3 is 15.4 Å². The van der Waals surface area contributed by atoms with Crippen molar-refractivity contribution in [3.63, 3.8) is 0 Å². The summed E-state index contributed by atoms with van der Waals surface area (Å²) < 4.78 is 4.94. The highest BCUT2D eigenvalue weighted by Crippen LogP contribution is 2.36. The maximum atomic E-state index is 10.6. The Labute approximate surface area is 92.8 Å². The van der Waals surface area contributed by atoms with Gasteiger partial charge in [-0.15, -0.1) is 0 Å². The summed E-state index contributed by atoms with van der Waals surface area (Å²) in [6.07, 6.45) is 3.52. The number of carboxylic acids is 1. The van der Waals surface area contributed by atoms with Crippen LogP contribution in [0.2, 0.25) is 0 Å². The van der Waals surface area contributed by atoms with Gasteiger partial charge >= 0.3 is 5.97 Å². The molecule has 1 saturated carbocycles. The zero-order chi connectivity index (χ0) is 11.8. The smallest absolute Gasteiger partial charge is 0.377 e. The summed E-state index contributed by atoms with van der Waals surface area (Å²) in [4.78, 5) is 14.5. The van der Waals surface area contributed by atoms with Gasteiger partial charge in [0, 0.05) is 0 Å². The summed E-state index contributed by atoms with van der Waals surface area (Å²) in [7, 11) is 0. The van der Waals surface area contributed by atoms with Crippen LogP contribution in [0.4, 0.5) is 0 Å². The quantitative estimate of drug-likeness (QED) is 0.782. The monoisotopic (exact) mass is 225 g/mol. The molecule has 1 aliphatic rings. The minimum absolute atomic E-state index is 0.247. The predicted molar refractivity (Wildman–Crippen MR) is 54.8 cm³/mol. The number of carbonyl (C=O) groups is 1. The largest absolute Gasteiger partial charge is 0.475 e. The van der Waals surface area contributed by atoms with Gasteiger partial charge in [0.2, 0.25) is 5.89 Å². The molecule has 0 unspecified atom stereocenters. The van der Waals surface area contributed by atoms with Gasteiger partial charge in [0.05, 0.1) is 5.54 Å². The number of hydrogen-bond acceptors (Lipinski definition) is 5. The van der Waals surface area contributed by atoms with Crippen molar-refractivity contribution in [2.45, 2.75) is 38.1 Å². The minimum Gasteiger partial charge on any atom is -0.475 e. The second kappa shape index (κ2) is 3.86. The third-order valence-corrected chi connectivity index (χ3v) is 3.21. The Bertz CT molecular complexity index is 394. The summed E-state index contributed by atoms with van der Waals surface area (Å²) in [6.45, 7) is 2.18. The Morgan fingerprint density at radius 2 is 2.19 bits per heavy atom. The molecule has 1 heterocycles. The molecule has 0 spiro atoms. The van der Waals surface area contributed by atoms with Gasteiger partial charge in [-0.05, 0) is 36.8 Å². The molecule has 1 aromatic rings. The van der Waals surface area contributed by atoms with E-state index in [0.29, 0.717) is 5.92 Å². The first-order valence-electron chi connectivity index (χ1n) is 5.37. The first-order valence-corrected chi connectivity index (χ1v) is 5.37. The van der Waals surface area contributed by atoms with Crippen LogP contribution in [0.3, 0.4) is 0 Å². The van der Waals surface area contributed by atoms with Gasteiger partial charge in [-0.2, -0.15) is 4.98 Å². The number of nitrogens with zero attached hydrogens (tertiary/aromatic N) is 2. The molecule has 0 amide bonds. The van der Waals surface area contributed by atoms with E-state index in [1.165, 1.54) is 0 Å². The van der Waals surface area contributed by atoms with Crippen molar-refractivity contribution in [3.05, 3.63) is 11.7 Å². The summed E-state index contributed by atoms with van der Waals surface area (Å²) in [5.74, 6) is -0.614. The molecule has 1 aliphatic carbocycles. The highest BCUT2D eigenvalue weighted by atomic mass is 16.5. The number of hydrogen-bond donors (Lipinski definition) is 2. The maximum absolute atomic E-state index is 10.6. The molecule has 0 radical (unpaired) electrons. The Morgan fingerprint density at radius 3 is 2.69 bits per heavy atom. The lowest BCUT2D eigenvalue weighted by atomic mass is 9.78. The Balaban J connectivity index is 2.19. The fourth-order valence-corrected chi connectivity index (χ4v) is 2.00. The van der Waals surface area contributed by atoms with E-state index in [2.05, 4.69) is 17.1 Å². The molecule has 0 saturated heterocycles. The molecular weight excluding hydrogens is 210 g/mol. The van der Waals surface area contributed by atoms with E-state index in [1.54, 1.807) is 0 Å². The lowest BCUT2D eigenvalue weighted by Gasteiger charge is -2.32. The van der Waals surface area contributed by atoms with E-state index >= 15 is 0 Å². The maximum Gasteiger partial charge on any atom is 0.377 e. The molecule has 6 heteroatoms. The number of carboxylic acid groups (broad SMARTS) is 1. The lowest BCUT2D eigenvalue weighted by Crippen LogP contribution is -2.40. The molecule has 1 aromatic heterocycles. The molecule has 6 nitrogen and oxygen atoms in total. The Kier molecular flexibility index (Phi) is 2.67. The number of nitrogens with two attached hydrogens (primary N) is 1.